The Morgan fingerprint density at radius 3 is 2.75 bits per heavy atom. The van der Waals surface area contributed by atoms with Crippen LogP contribution in [0.5, 0.6) is 0 Å². The number of pyridine rings is 1. The Hall–Kier alpha value is -1.26. The fourth-order valence-corrected chi connectivity index (χ4v) is 4.03. The maximum Gasteiger partial charge on any atom is 0.191 e. The lowest BCUT2D eigenvalue weighted by Gasteiger charge is -2.32. The molecule has 8 heteroatoms. The molecule has 0 spiro atoms. The van der Waals surface area contributed by atoms with E-state index in [1.807, 2.05) is 18.5 Å². The van der Waals surface area contributed by atoms with Crippen molar-refractivity contribution >= 4 is 41.3 Å². The summed E-state index contributed by atoms with van der Waals surface area (Å²) in [5, 5.41) is 8.15. The summed E-state index contributed by atoms with van der Waals surface area (Å²) < 4.78 is 0. The van der Waals surface area contributed by atoms with Crippen molar-refractivity contribution in [2.45, 2.75) is 45.7 Å². The molecule has 3 heterocycles. The lowest BCUT2D eigenvalue weighted by Crippen LogP contribution is -2.48. The summed E-state index contributed by atoms with van der Waals surface area (Å²) in [6.07, 6.45) is 6.96. The Bertz CT molecular complexity index is 712. The van der Waals surface area contributed by atoms with Gasteiger partial charge in [0.05, 0.1) is 10.7 Å². The molecular weight excluding hydrogens is 483 g/mol. The lowest BCUT2D eigenvalue weighted by atomic mass is 10.0. The first-order valence-electron chi connectivity index (χ1n) is 9.81. The van der Waals surface area contributed by atoms with E-state index in [9.17, 15) is 0 Å². The standard InChI is InChI=1S/C20H30N6S.HI/c1-3-21-20(23-11-7-19-24-14-16(2)27-19)25-17-8-12-26(13-9-17)15-18-6-4-5-10-22-18;/h4-6,10,14,17H,3,7-9,11-13,15H2,1-2H3,(H2,21,23,25);1H. The van der Waals surface area contributed by atoms with Gasteiger partial charge in [0.2, 0.25) is 0 Å². The molecule has 3 rings (SSSR count). The second kappa shape index (κ2) is 12.3. The molecule has 2 aromatic rings. The highest BCUT2D eigenvalue weighted by Gasteiger charge is 2.20. The van der Waals surface area contributed by atoms with Gasteiger partial charge >= 0.3 is 0 Å². The van der Waals surface area contributed by atoms with Crippen LogP contribution < -0.4 is 10.6 Å². The zero-order valence-electron chi connectivity index (χ0n) is 16.7. The van der Waals surface area contributed by atoms with Crippen LogP contribution in [-0.4, -0.2) is 53.0 Å². The van der Waals surface area contributed by atoms with Gasteiger partial charge in [-0.2, -0.15) is 0 Å². The summed E-state index contributed by atoms with van der Waals surface area (Å²) in [5.41, 5.74) is 1.15. The maximum absolute atomic E-state index is 4.74. The Kier molecular flexibility index (Phi) is 10.1. The van der Waals surface area contributed by atoms with Gasteiger partial charge in [0.25, 0.3) is 0 Å². The van der Waals surface area contributed by atoms with Gasteiger partial charge in [-0.3, -0.25) is 14.9 Å². The van der Waals surface area contributed by atoms with Crippen LogP contribution in [0.25, 0.3) is 0 Å². The SMILES string of the molecule is CCNC(=NCCc1ncc(C)s1)NC1CCN(Cc2ccccn2)CC1.I. The molecule has 0 atom stereocenters. The molecule has 1 fully saturated rings. The monoisotopic (exact) mass is 514 g/mol. The first-order chi connectivity index (χ1) is 13.2. The van der Waals surface area contributed by atoms with Gasteiger partial charge in [0.15, 0.2) is 5.96 Å². The van der Waals surface area contributed by atoms with Crippen molar-refractivity contribution in [3.8, 4) is 0 Å². The summed E-state index contributed by atoms with van der Waals surface area (Å²) in [6.45, 7) is 8.96. The molecule has 1 aliphatic rings. The van der Waals surface area contributed by atoms with Crippen molar-refractivity contribution in [3.63, 3.8) is 0 Å². The van der Waals surface area contributed by atoms with E-state index in [-0.39, 0.29) is 24.0 Å². The van der Waals surface area contributed by atoms with E-state index in [0.717, 1.165) is 68.6 Å². The molecule has 0 saturated carbocycles. The number of aryl methyl sites for hydroxylation is 1. The Morgan fingerprint density at radius 1 is 1.29 bits per heavy atom. The summed E-state index contributed by atoms with van der Waals surface area (Å²) >= 11 is 1.76. The molecule has 28 heavy (non-hydrogen) atoms. The predicted octanol–water partition coefficient (Wildman–Crippen LogP) is 3.23. The predicted molar refractivity (Wildman–Crippen MR) is 128 cm³/mol. The normalized spacial score (nSPS) is 15.9. The van der Waals surface area contributed by atoms with Crippen LogP contribution in [0.2, 0.25) is 0 Å². The first-order valence-corrected chi connectivity index (χ1v) is 10.6. The van der Waals surface area contributed by atoms with Gasteiger partial charge in [-0.05, 0) is 38.8 Å². The minimum absolute atomic E-state index is 0. The summed E-state index contributed by atoms with van der Waals surface area (Å²) in [4.78, 5) is 17.3. The molecule has 2 aromatic heterocycles. The number of guanidine groups is 1. The van der Waals surface area contributed by atoms with Gasteiger partial charge < -0.3 is 10.6 Å². The Morgan fingerprint density at radius 2 is 2.11 bits per heavy atom. The largest absolute Gasteiger partial charge is 0.357 e. The number of likely N-dealkylation sites (tertiary alicyclic amines) is 1. The van der Waals surface area contributed by atoms with Gasteiger partial charge in [-0.1, -0.05) is 6.07 Å². The third kappa shape index (κ3) is 7.63. The smallest absolute Gasteiger partial charge is 0.191 e. The van der Waals surface area contributed by atoms with Crippen LogP contribution in [0.4, 0.5) is 0 Å². The Balaban J connectivity index is 0.00000280. The summed E-state index contributed by atoms with van der Waals surface area (Å²) in [5.74, 6) is 0.925. The average Bonchev–Trinajstić information content (AvgIpc) is 3.09. The van der Waals surface area contributed by atoms with Gasteiger partial charge in [-0.25, -0.2) is 4.98 Å². The maximum atomic E-state index is 4.74. The number of nitrogens with one attached hydrogen (secondary N) is 2. The number of nitrogens with zero attached hydrogens (tertiary/aromatic N) is 4. The van der Waals surface area contributed by atoms with Crippen molar-refractivity contribution in [3.05, 3.63) is 46.2 Å². The van der Waals surface area contributed by atoms with Crippen molar-refractivity contribution in [1.29, 1.82) is 0 Å². The Labute approximate surface area is 189 Å². The topological polar surface area (TPSA) is 65.4 Å². The van der Waals surface area contributed by atoms with Crippen LogP contribution in [0.3, 0.4) is 0 Å². The molecule has 1 aliphatic heterocycles. The third-order valence-corrected chi connectivity index (χ3v) is 5.62. The van der Waals surface area contributed by atoms with Crippen LogP contribution in [0, 0.1) is 6.92 Å². The van der Waals surface area contributed by atoms with Crippen LogP contribution >= 0.6 is 35.3 Å². The number of aliphatic imine (C=N–C) groups is 1. The molecule has 0 radical (unpaired) electrons. The number of hydrogen-bond acceptors (Lipinski definition) is 5. The molecule has 2 N–H and O–H groups in total. The number of halogens is 1. The number of aromatic nitrogens is 2. The molecule has 154 valence electrons. The zero-order valence-corrected chi connectivity index (χ0v) is 19.9. The van der Waals surface area contributed by atoms with Crippen LogP contribution in [0.1, 0.15) is 35.3 Å². The van der Waals surface area contributed by atoms with E-state index in [0.29, 0.717) is 6.04 Å². The molecule has 0 aromatic carbocycles. The number of rotatable bonds is 7. The van der Waals surface area contributed by atoms with Gasteiger partial charge in [0.1, 0.15) is 0 Å². The van der Waals surface area contributed by atoms with Crippen molar-refractivity contribution in [2.24, 2.45) is 4.99 Å². The average molecular weight is 514 g/mol. The highest BCUT2D eigenvalue weighted by molar-refractivity contribution is 14.0. The lowest BCUT2D eigenvalue weighted by molar-refractivity contribution is 0.196. The van der Waals surface area contributed by atoms with E-state index in [1.54, 1.807) is 11.3 Å². The molecule has 1 saturated heterocycles. The molecule has 0 amide bonds. The molecule has 6 nitrogen and oxygen atoms in total. The molecular formula is C20H31IN6S. The van der Waals surface area contributed by atoms with E-state index < -0.39 is 0 Å². The van der Waals surface area contributed by atoms with Crippen molar-refractivity contribution in [1.82, 2.24) is 25.5 Å². The van der Waals surface area contributed by atoms with Crippen LogP contribution in [-0.2, 0) is 13.0 Å². The fraction of sp³-hybridized carbons (Fsp3) is 0.550. The molecule has 0 unspecified atom stereocenters. The van der Waals surface area contributed by atoms with E-state index in [2.05, 4.69) is 51.5 Å². The quantitative estimate of drug-likeness (QED) is 0.338. The van der Waals surface area contributed by atoms with E-state index in [1.165, 1.54) is 4.88 Å². The highest BCUT2D eigenvalue weighted by Crippen LogP contribution is 2.13. The molecule has 0 bridgehead atoms. The summed E-state index contributed by atoms with van der Waals surface area (Å²) in [7, 11) is 0. The molecule has 0 aliphatic carbocycles. The fourth-order valence-electron chi connectivity index (χ4n) is 3.25. The summed E-state index contributed by atoms with van der Waals surface area (Å²) in [6, 6.07) is 6.61. The zero-order chi connectivity index (χ0) is 18.9. The second-order valence-corrected chi connectivity index (χ2v) is 8.21. The second-order valence-electron chi connectivity index (χ2n) is 6.89. The number of hydrogen-bond donors (Lipinski definition) is 2. The van der Waals surface area contributed by atoms with Crippen LogP contribution in [0.15, 0.2) is 35.6 Å². The van der Waals surface area contributed by atoms with Crippen molar-refractivity contribution in [2.75, 3.05) is 26.2 Å². The van der Waals surface area contributed by atoms with Gasteiger partial charge in [0, 0.05) is 62.5 Å². The highest BCUT2D eigenvalue weighted by atomic mass is 127. The first kappa shape index (κ1) is 23.0. The van der Waals surface area contributed by atoms with Gasteiger partial charge in [-0.15, -0.1) is 35.3 Å². The minimum atomic E-state index is 0. The minimum Gasteiger partial charge on any atom is -0.357 e. The van der Waals surface area contributed by atoms with E-state index >= 15 is 0 Å². The third-order valence-electron chi connectivity index (χ3n) is 4.65. The van der Waals surface area contributed by atoms with Crippen molar-refractivity contribution < 1.29 is 0 Å². The number of thiazole rings is 1. The van der Waals surface area contributed by atoms with E-state index in [4.69, 9.17) is 4.99 Å². The number of piperidine rings is 1.